The Labute approximate surface area is 193 Å². The van der Waals surface area contributed by atoms with Crippen molar-refractivity contribution in [2.75, 3.05) is 44.4 Å². The summed E-state index contributed by atoms with van der Waals surface area (Å²) in [5.74, 6) is 0.748. The summed E-state index contributed by atoms with van der Waals surface area (Å²) in [6, 6.07) is 4.15. The second kappa shape index (κ2) is 10.2. The average Bonchev–Trinajstić information content (AvgIpc) is 3.07. The number of amides is 3. The number of aryl methyl sites for hydroxylation is 2. The Morgan fingerprint density at radius 1 is 1.33 bits per heavy atom. The molecule has 0 spiro atoms. The number of nitrogens with one attached hydrogen (secondary N) is 2. The van der Waals surface area contributed by atoms with Gasteiger partial charge in [-0.2, -0.15) is 0 Å². The highest BCUT2D eigenvalue weighted by molar-refractivity contribution is 6.03. The Bertz CT molecular complexity index is 986. The number of carbonyl (C=O) groups excluding carboxylic acids is 2. The van der Waals surface area contributed by atoms with E-state index >= 15 is 0 Å². The lowest BCUT2D eigenvalue weighted by Gasteiger charge is -2.37. The van der Waals surface area contributed by atoms with Crippen LogP contribution >= 0.6 is 0 Å². The van der Waals surface area contributed by atoms with Crippen LogP contribution in [0.2, 0.25) is 0 Å². The molecule has 0 radical (unpaired) electrons. The summed E-state index contributed by atoms with van der Waals surface area (Å²) in [6.07, 6.45) is -0.151. The zero-order chi connectivity index (χ0) is 24.3. The van der Waals surface area contributed by atoms with E-state index in [1.807, 2.05) is 32.8 Å². The van der Waals surface area contributed by atoms with Crippen LogP contribution in [0.4, 0.5) is 16.2 Å². The van der Waals surface area contributed by atoms with Gasteiger partial charge in [0.1, 0.15) is 23.2 Å². The molecule has 33 heavy (non-hydrogen) atoms. The summed E-state index contributed by atoms with van der Waals surface area (Å²) in [6.45, 7) is 8.27. The van der Waals surface area contributed by atoms with Crippen molar-refractivity contribution in [3.05, 3.63) is 35.2 Å². The third-order valence-corrected chi connectivity index (χ3v) is 5.74. The molecule has 3 amide bonds. The maximum absolute atomic E-state index is 13.4. The molecule has 2 heterocycles. The first-order chi connectivity index (χ1) is 15.6. The molecule has 3 atom stereocenters. The first-order valence-electron chi connectivity index (χ1n) is 11.0. The molecule has 10 heteroatoms. The fourth-order valence-electron chi connectivity index (χ4n) is 3.82. The van der Waals surface area contributed by atoms with Gasteiger partial charge in [0.05, 0.1) is 18.2 Å². The van der Waals surface area contributed by atoms with Gasteiger partial charge in [-0.25, -0.2) is 4.79 Å². The number of aliphatic hydroxyl groups excluding tert-OH is 1. The van der Waals surface area contributed by atoms with Crippen molar-refractivity contribution < 1.29 is 24.0 Å². The van der Waals surface area contributed by atoms with Gasteiger partial charge in [0.2, 0.25) is 0 Å². The molecule has 1 aromatic heterocycles. The molecule has 0 aliphatic carbocycles. The first kappa shape index (κ1) is 24.5. The summed E-state index contributed by atoms with van der Waals surface area (Å²) in [5.41, 5.74) is 1.84. The summed E-state index contributed by atoms with van der Waals surface area (Å²) in [4.78, 5) is 29.7. The molecular formula is C23H33N5O5. The number of hydrogen-bond donors (Lipinski definition) is 3. The van der Waals surface area contributed by atoms with Gasteiger partial charge < -0.3 is 34.8 Å². The van der Waals surface area contributed by atoms with Crippen molar-refractivity contribution in [2.24, 2.45) is 5.92 Å². The highest BCUT2D eigenvalue weighted by Gasteiger charge is 2.33. The maximum Gasteiger partial charge on any atom is 0.323 e. The second-order valence-electron chi connectivity index (χ2n) is 8.87. The van der Waals surface area contributed by atoms with Crippen molar-refractivity contribution in [3.63, 3.8) is 0 Å². The van der Waals surface area contributed by atoms with Gasteiger partial charge in [-0.3, -0.25) is 4.79 Å². The van der Waals surface area contributed by atoms with E-state index < -0.39 is 6.03 Å². The highest BCUT2D eigenvalue weighted by atomic mass is 16.5. The minimum Gasteiger partial charge on any atom is -0.488 e. The highest BCUT2D eigenvalue weighted by Crippen LogP contribution is 2.30. The summed E-state index contributed by atoms with van der Waals surface area (Å²) in [7, 11) is 3.94. The number of anilines is 2. The van der Waals surface area contributed by atoms with Crippen molar-refractivity contribution in [2.45, 2.75) is 39.8 Å². The molecule has 180 valence electrons. The Balaban J connectivity index is 1.90. The second-order valence-corrected chi connectivity index (χ2v) is 8.87. The molecule has 0 saturated heterocycles. The third-order valence-electron chi connectivity index (χ3n) is 5.74. The molecule has 2 aromatic rings. The predicted molar refractivity (Wildman–Crippen MR) is 125 cm³/mol. The molecule has 0 unspecified atom stereocenters. The minimum absolute atomic E-state index is 0.0529. The van der Waals surface area contributed by atoms with Crippen LogP contribution in [0.25, 0.3) is 0 Å². The van der Waals surface area contributed by atoms with Crippen molar-refractivity contribution in [1.82, 2.24) is 15.0 Å². The monoisotopic (exact) mass is 459 g/mol. The number of rotatable bonds is 6. The van der Waals surface area contributed by atoms with E-state index in [1.54, 1.807) is 36.9 Å². The van der Waals surface area contributed by atoms with E-state index in [0.29, 0.717) is 47.2 Å². The smallest absolute Gasteiger partial charge is 0.323 e. The number of carbonyl (C=O) groups is 2. The number of urea groups is 1. The Morgan fingerprint density at radius 2 is 2.06 bits per heavy atom. The van der Waals surface area contributed by atoms with Crippen molar-refractivity contribution in [1.29, 1.82) is 0 Å². The first-order valence-corrected chi connectivity index (χ1v) is 11.0. The molecule has 10 nitrogen and oxygen atoms in total. The van der Waals surface area contributed by atoms with Crippen LogP contribution in [0.15, 0.2) is 22.7 Å². The van der Waals surface area contributed by atoms with Crippen LogP contribution in [0.3, 0.4) is 0 Å². The summed E-state index contributed by atoms with van der Waals surface area (Å²) in [5, 5.41) is 19.0. The van der Waals surface area contributed by atoms with Gasteiger partial charge in [0.15, 0.2) is 5.76 Å². The Morgan fingerprint density at radius 3 is 2.67 bits per heavy atom. The molecule has 3 rings (SSSR count). The van der Waals surface area contributed by atoms with E-state index in [-0.39, 0.29) is 30.6 Å². The number of benzene rings is 1. The van der Waals surface area contributed by atoms with Gasteiger partial charge >= 0.3 is 6.03 Å². The van der Waals surface area contributed by atoms with Crippen LogP contribution in [0.1, 0.15) is 35.7 Å². The van der Waals surface area contributed by atoms with E-state index in [0.717, 1.165) is 0 Å². The lowest BCUT2D eigenvalue weighted by Crippen LogP contribution is -2.49. The Hall–Kier alpha value is -3.11. The Kier molecular flexibility index (Phi) is 7.60. The maximum atomic E-state index is 13.4. The quantitative estimate of drug-likeness (QED) is 0.607. The number of hydrogen-bond acceptors (Lipinski definition) is 7. The number of aromatic nitrogens is 1. The molecule has 1 aliphatic rings. The van der Waals surface area contributed by atoms with Crippen LogP contribution in [0, 0.1) is 19.8 Å². The normalized spacial score (nSPS) is 19.4. The lowest BCUT2D eigenvalue weighted by atomic mass is 9.99. The van der Waals surface area contributed by atoms with Gasteiger partial charge in [0, 0.05) is 24.7 Å². The van der Waals surface area contributed by atoms with Crippen LogP contribution in [-0.2, 0) is 0 Å². The molecule has 1 aliphatic heterocycles. The summed E-state index contributed by atoms with van der Waals surface area (Å²) < 4.78 is 11.3. The fraction of sp³-hybridized carbons (Fsp3) is 0.522. The molecule has 0 fully saturated rings. The SMILES string of the molecule is Cc1noc(C)c1NC(=O)Nc1ccc2c(c1)C(=O)N([C@H](C)CO)C[C@@H](C)[C@@H](CN(C)C)O2. The van der Waals surface area contributed by atoms with Crippen LogP contribution < -0.4 is 15.4 Å². The van der Waals surface area contributed by atoms with Crippen LogP contribution in [0.5, 0.6) is 5.75 Å². The standard InChI is InChI=1S/C23H33N5O5/c1-13-10-28(14(2)12-29)22(30)18-9-17(7-8-19(18)32-20(13)11-27(5)6)24-23(31)25-21-15(3)26-33-16(21)4/h7-9,13-14,20,29H,10-12H2,1-6H3,(H2,24,25,31)/t13-,14-,20-/m1/s1. The lowest BCUT2D eigenvalue weighted by molar-refractivity contribution is 0.0363. The molecule has 3 N–H and O–H groups in total. The van der Waals surface area contributed by atoms with Gasteiger partial charge in [-0.1, -0.05) is 12.1 Å². The van der Waals surface area contributed by atoms with E-state index in [2.05, 4.69) is 15.8 Å². The minimum atomic E-state index is -0.483. The largest absolute Gasteiger partial charge is 0.488 e. The van der Waals surface area contributed by atoms with Crippen molar-refractivity contribution >= 4 is 23.3 Å². The van der Waals surface area contributed by atoms with E-state index in [1.165, 1.54) is 0 Å². The number of ether oxygens (including phenoxy) is 1. The molecule has 0 saturated carbocycles. The van der Waals surface area contributed by atoms with Crippen LogP contribution in [-0.4, -0.2) is 77.9 Å². The van der Waals surface area contributed by atoms with E-state index in [9.17, 15) is 14.7 Å². The zero-order valence-corrected chi connectivity index (χ0v) is 20.0. The molecule has 0 bridgehead atoms. The van der Waals surface area contributed by atoms with Crippen molar-refractivity contribution in [3.8, 4) is 5.75 Å². The number of likely N-dealkylation sites (N-methyl/N-ethyl adjacent to an activating group) is 1. The van der Waals surface area contributed by atoms with Gasteiger partial charge in [0.25, 0.3) is 5.91 Å². The number of aliphatic hydroxyl groups is 1. The topological polar surface area (TPSA) is 120 Å². The molecule has 1 aromatic carbocycles. The molecular weight excluding hydrogens is 426 g/mol. The van der Waals surface area contributed by atoms with Gasteiger partial charge in [-0.15, -0.1) is 0 Å². The number of fused-ring (bicyclic) bond motifs is 1. The number of nitrogens with zero attached hydrogens (tertiary/aromatic N) is 3. The zero-order valence-electron chi connectivity index (χ0n) is 20.0. The fourth-order valence-corrected chi connectivity index (χ4v) is 3.82. The van der Waals surface area contributed by atoms with Gasteiger partial charge in [-0.05, 0) is 53.1 Å². The predicted octanol–water partition coefficient (Wildman–Crippen LogP) is 2.72. The average molecular weight is 460 g/mol. The van der Waals surface area contributed by atoms with E-state index in [4.69, 9.17) is 9.26 Å². The third kappa shape index (κ3) is 5.63. The summed E-state index contributed by atoms with van der Waals surface area (Å²) >= 11 is 0.